The van der Waals surface area contributed by atoms with Gasteiger partial charge in [0.15, 0.2) is 4.33 Å². The van der Waals surface area contributed by atoms with Gasteiger partial charge in [0, 0.05) is 5.88 Å². The Morgan fingerprint density at radius 1 is 1.14 bits per heavy atom. The molecule has 2 aliphatic carbocycles. The van der Waals surface area contributed by atoms with Crippen LogP contribution in [0.4, 0.5) is 0 Å². The number of allylic oxidation sites excluding steroid dienone is 2. The van der Waals surface area contributed by atoms with Gasteiger partial charge in [-0.2, -0.15) is 0 Å². The van der Waals surface area contributed by atoms with Crippen LogP contribution in [0.25, 0.3) is 0 Å². The van der Waals surface area contributed by atoms with Crippen molar-refractivity contribution in [3.63, 3.8) is 0 Å². The normalized spacial score (nSPS) is 37.2. The molecule has 3 atom stereocenters. The first-order valence-corrected chi connectivity index (χ1v) is 8.99. The van der Waals surface area contributed by atoms with Gasteiger partial charge in [-0.1, -0.05) is 46.4 Å². The number of carbonyl (C=O) groups is 1. The number of halogens is 7. The van der Waals surface area contributed by atoms with Gasteiger partial charge in [-0.15, -0.1) is 34.8 Å². The van der Waals surface area contributed by atoms with Crippen LogP contribution in [0.3, 0.4) is 0 Å². The van der Waals surface area contributed by atoms with Crippen molar-refractivity contribution >= 4 is 87.2 Å². The van der Waals surface area contributed by atoms with E-state index in [4.69, 9.17) is 85.9 Å². The molecule has 2 rings (SSSR count). The van der Waals surface area contributed by atoms with Crippen LogP contribution in [0.1, 0.15) is 19.3 Å². The first-order valence-electron chi connectivity index (χ1n) is 6.19. The molecule has 9 heteroatoms. The summed E-state index contributed by atoms with van der Waals surface area (Å²) in [6, 6.07) is 0. The van der Waals surface area contributed by atoms with Gasteiger partial charge in [-0.25, -0.2) is 0 Å². The molecule has 0 aromatic heterocycles. The molecule has 1 saturated carbocycles. The lowest BCUT2D eigenvalue weighted by Gasteiger charge is -2.32. The number of fused-ring (bicyclic) bond motifs is 2. The molecule has 0 aromatic rings. The predicted octanol–water partition coefficient (Wildman–Crippen LogP) is 5.40. The first kappa shape index (κ1) is 18.6. The number of esters is 1. The van der Waals surface area contributed by atoms with Crippen LogP contribution < -0.4 is 0 Å². The molecular formula is C12H11Cl7O2. The largest absolute Gasteiger partial charge is 0.465 e. The van der Waals surface area contributed by atoms with Crippen molar-refractivity contribution in [2.75, 3.05) is 12.5 Å². The van der Waals surface area contributed by atoms with Crippen molar-refractivity contribution in [3.8, 4) is 0 Å². The molecule has 0 heterocycles. The number of rotatable bonds is 5. The van der Waals surface area contributed by atoms with E-state index in [0.29, 0.717) is 12.3 Å². The van der Waals surface area contributed by atoms with E-state index in [1.54, 1.807) is 0 Å². The number of alkyl halides is 5. The van der Waals surface area contributed by atoms with E-state index in [9.17, 15) is 4.79 Å². The van der Waals surface area contributed by atoms with Crippen molar-refractivity contribution in [2.45, 2.75) is 33.3 Å². The van der Waals surface area contributed by atoms with E-state index in [1.165, 1.54) is 0 Å². The summed E-state index contributed by atoms with van der Waals surface area (Å²) in [5.74, 6) is -0.908. The van der Waals surface area contributed by atoms with E-state index in [2.05, 4.69) is 0 Å². The third-order valence-electron chi connectivity index (χ3n) is 3.84. The zero-order chi connectivity index (χ0) is 16.1. The van der Waals surface area contributed by atoms with Gasteiger partial charge in [-0.3, -0.25) is 4.79 Å². The number of hydrogen-bond acceptors (Lipinski definition) is 2. The van der Waals surface area contributed by atoms with E-state index in [0.717, 1.165) is 6.42 Å². The van der Waals surface area contributed by atoms with Crippen LogP contribution in [0.15, 0.2) is 10.1 Å². The van der Waals surface area contributed by atoms with Gasteiger partial charge < -0.3 is 4.74 Å². The highest BCUT2D eigenvalue weighted by molar-refractivity contribution is 6.66. The zero-order valence-corrected chi connectivity index (χ0v) is 15.9. The lowest BCUT2D eigenvalue weighted by atomic mass is 9.92. The molecular weight excluding hydrogens is 424 g/mol. The van der Waals surface area contributed by atoms with E-state index >= 15 is 0 Å². The fourth-order valence-electron chi connectivity index (χ4n) is 2.62. The Bertz CT molecular complexity index is 492. The van der Waals surface area contributed by atoms with E-state index in [-0.39, 0.29) is 23.1 Å². The molecule has 0 N–H and O–H groups in total. The first-order chi connectivity index (χ1) is 9.64. The average Bonchev–Trinajstić information content (AvgIpc) is 2.65. The molecule has 0 radical (unpaired) electrons. The summed E-state index contributed by atoms with van der Waals surface area (Å²) in [6.07, 6.45) is 1.46. The topological polar surface area (TPSA) is 26.3 Å². The van der Waals surface area contributed by atoms with Crippen molar-refractivity contribution in [1.29, 1.82) is 0 Å². The van der Waals surface area contributed by atoms with Gasteiger partial charge in [0.2, 0.25) is 0 Å². The number of carbonyl (C=O) groups excluding carboxylic acids is 1. The standard InChI is InChI=1S/C12H11Cl7O2/c13-3-1-2-4-21-9(20)6-5-10(16)7(14)8(15)11(6,17)12(10,18)19/h6H,1-5H2/t6-,10+,11+/m1/s1. The Morgan fingerprint density at radius 3 is 2.24 bits per heavy atom. The minimum atomic E-state index is -1.70. The SMILES string of the molecule is O=C(OCCCCCl)[C@H]1C[C@]2(Cl)C(Cl)=C(Cl)[C@]1(Cl)C2(Cl)Cl. The Labute approximate surface area is 157 Å². The van der Waals surface area contributed by atoms with Crippen LogP contribution in [-0.2, 0) is 9.53 Å². The minimum Gasteiger partial charge on any atom is -0.465 e. The van der Waals surface area contributed by atoms with Crippen molar-refractivity contribution in [2.24, 2.45) is 5.92 Å². The van der Waals surface area contributed by atoms with Crippen LogP contribution in [0.5, 0.6) is 0 Å². The zero-order valence-electron chi connectivity index (χ0n) is 10.6. The van der Waals surface area contributed by atoms with Crippen LogP contribution >= 0.6 is 81.2 Å². The minimum absolute atomic E-state index is 0.000193. The van der Waals surface area contributed by atoms with Crippen LogP contribution in [0, 0.1) is 5.92 Å². The summed E-state index contributed by atoms with van der Waals surface area (Å²) in [4.78, 5) is 9.27. The number of hydrogen-bond donors (Lipinski definition) is 0. The molecule has 0 aromatic carbocycles. The Morgan fingerprint density at radius 2 is 1.76 bits per heavy atom. The van der Waals surface area contributed by atoms with Gasteiger partial charge in [0.1, 0.15) is 9.75 Å². The molecule has 2 bridgehead atoms. The molecule has 2 aliphatic rings. The van der Waals surface area contributed by atoms with Crippen molar-refractivity contribution in [1.82, 2.24) is 0 Å². The average molecular weight is 435 g/mol. The third-order valence-corrected chi connectivity index (χ3v) is 8.38. The lowest BCUT2D eigenvalue weighted by molar-refractivity contribution is -0.149. The smallest absolute Gasteiger partial charge is 0.311 e. The highest BCUT2D eigenvalue weighted by Crippen LogP contribution is 2.74. The second kappa shape index (κ2) is 6.27. The summed E-state index contributed by atoms with van der Waals surface area (Å²) in [5.41, 5.74) is 0. The quantitative estimate of drug-likeness (QED) is 0.328. The fourth-order valence-corrected chi connectivity index (χ4v) is 5.57. The molecule has 1 fully saturated rings. The molecule has 120 valence electrons. The maximum Gasteiger partial charge on any atom is 0.311 e. The summed E-state index contributed by atoms with van der Waals surface area (Å²) >= 11 is 43.2. The Kier molecular flexibility index (Phi) is 5.55. The van der Waals surface area contributed by atoms with Crippen molar-refractivity contribution < 1.29 is 9.53 Å². The van der Waals surface area contributed by atoms with Crippen LogP contribution in [-0.4, -0.2) is 32.5 Å². The van der Waals surface area contributed by atoms with E-state index in [1.807, 2.05) is 0 Å². The molecule has 21 heavy (non-hydrogen) atoms. The fraction of sp³-hybridized carbons (Fsp3) is 0.750. The van der Waals surface area contributed by atoms with Gasteiger partial charge in [-0.05, 0) is 19.3 Å². The molecule has 0 saturated heterocycles. The molecule has 0 unspecified atom stereocenters. The van der Waals surface area contributed by atoms with Crippen LogP contribution in [0.2, 0.25) is 0 Å². The second-order valence-corrected chi connectivity index (χ2v) is 8.74. The monoisotopic (exact) mass is 432 g/mol. The predicted molar refractivity (Wildman–Crippen MR) is 89.4 cm³/mol. The highest BCUT2D eigenvalue weighted by Gasteiger charge is 2.80. The third kappa shape index (κ3) is 2.49. The molecule has 0 aliphatic heterocycles. The second-order valence-electron chi connectivity index (χ2n) is 5.04. The summed E-state index contributed by atoms with van der Waals surface area (Å²) < 4.78 is 3.49. The molecule has 2 nitrogen and oxygen atoms in total. The lowest BCUT2D eigenvalue weighted by Crippen LogP contribution is -2.46. The Hall–Kier alpha value is 1.24. The highest BCUT2D eigenvalue weighted by atomic mass is 35.5. The van der Waals surface area contributed by atoms with Crippen molar-refractivity contribution in [3.05, 3.63) is 10.1 Å². The Balaban J connectivity index is 2.20. The molecule has 0 spiro atoms. The van der Waals surface area contributed by atoms with Gasteiger partial charge in [0.05, 0.1) is 22.6 Å². The maximum absolute atomic E-state index is 12.2. The van der Waals surface area contributed by atoms with Gasteiger partial charge >= 0.3 is 5.97 Å². The maximum atomic E-state index is 12.2. The van der Waals surface area contributed by atoms with Gasteiger partial charge in [0.25, 0.3) is 0 Å². The summed E-state index contributed by atoms with van der Waals surface area (Å²) in [5, 5.41) is 0.0804. The summed E-state index contributed by atoms with van der Waals surface area (Å²) in [6.45, 7) is 0.233. The summed E-state index contributed by atoms with van der Waals surface area (Å²) in [7, 11) is 0. The van der Waals surface area contributed by atoms with E-state index < -0.39 is 26.0 Å². The molecule has 0 amide bonds. The number of unbranched alkanes of at least 4 members (excludes halogenated alkanes) is 1. The number of ether oxygens (including phenoxy) is 1.